The summed E-state index contributed by atoms with van der Waals surface area (Å²) in [4.78, 5) is 0. The van der Waals surface area contributed by atoms with Crippen molar-refractivity contribution in [3.05, 3.63) is 51.4 Å². The number of aromatic nitrogens is 2. The van der Waals surface area contributed by atoms with Crippen LogP contribution >= 0.6 is 22.6 Å². The van der Waals surface area contributed by atoms with Crippen molar-refractivity contribution in [2.24, 2.45) is 0 Å². The van der Waals surface area contributed by atoms with Crippen LogP contribution in [0, 0.1) is 3.57 Å². The first-order valence-corrected chi connectivity index (χ1v) is 8.34. The van der Waals surface area contributed by atoms with Crippen LogP contribution in [0.3, 0.4) is 0 Å². The summed E-state index contributed by atoms with van der Waals surface area (Å²) >= 11 is 2.37. The Morgan fingerprint density at radius 3 is 2.80 bits per heavy atom. The molecule has 2 rings (SSSR count). The lowest BCUT2D eigenvalue weighted by molar-refractivity contribution is 0.511. The first-order chi connectivity index (χ1) is 9.76. The van der Waals surface area contributed by atoms with E-state index in [0.717, 1.165) is 25.9 Å². The first kappa shape index (κ1) is 15.5. The van der Waals surface area contributed by atoms with Crippen molar-refractivity contribution in [3.8, 4) is 0 Å². The number of hydrogen-bond acceptors (Lipinski definition) is 2. The summed E-state index contributed by atoms with van der Waals surface area (Å²) in [6.45, 7) is 6.36. The van der Waals surface area contributed by atoms with E-state index in [2.05, 4.69) is 81.9 Å². The molecule has 0 saturated carbocycles. The minimum atomic E-state index is 0.221. The van der Waals surface area contributed by atoms with E-state index in [9.17, 15) is 0 Å². The van der Waals surface area contributed by atoms with Crippen molar-refractivity contribution in [1.29, 1.82) is 0 Å². The lowest BCUT2D eigenvalue weighted by Crippen LogP contribution is -2.26. The molecule has 0 saturated heterocycles. The van der Waals surface area contributed by atoms with E-state index in [1.54, 1.807) is 0 Å². The largest absolute Gasteiger partial charge is 0.305 e. The van der Waals surface area contributed by atoms with Gasteiger partial charge in [-0.05, 0) is 65.7 Å². The second-order valence-electron chi connectivity index (χ2n) is 4.92. The van der Waals surface area contributed by atoms with Crippen molar-refractivity contribution in [2.75, 3.05) is 6.54 Å². The van der Waals surface area contributed by atoms with E-state index < -0.39 is 0 Å². The van der Waals surface area contributed by atoms with Crippen molar-refractivity contribution in [2.45, 2.75) is 39.3 Å². The summed E-state index contributed by atoms with van der Waals surface area (Å²) < 4.78 is 3.39. The minimum absolute atomic E-state index is 0.221. The highest BCUT2D eigenvalue weighted by molar-refractivity contribution is 14.1. The quantitative estimate of drug-likeness (QED) is 0.733. The average Bonchev–Trinajstić information content (AvgIpc) is 2.88. The van der Waals surface area contributed by atoms with Gasteiger partial charge >= 0.3 is 0 Å². The molecule has 1 heterocycles. The molecule has 0 aliphatic heterocycles. The monoisotopic (exact) mass is 383 g/mol. The van der Waals surface area contributed by atoms with Crippen LogP contribution in [0.1, 0.15) is 44.0 Å². The van der Waals surface area contributed by atoms with E-state index in [-0.39, 0.29) is 6.04 Å². The van der Waals surface area contributed by atoms with E-state index >= 15 is 0 Å². The van der Waals surface area contributed by atoms with Gasteiger partial charge in [-0.25, -0.2) is 0 Å². The Morgan fingerprint density at radius 2 is 2.10 bits per heavy atom. The fourth-order valence-electron chi connectivity index (χ4n) is 2.35. The van der Waals surface area contributed by atoms with Crippen LogP contribution in [0.4, 0.5) is 0 Å². The van der Waals surface area contributed by atoms with Gasteiger partial charge in [0, 0.05) is 16.3 Å². The molecule has 0 aliphatic carbocycles. The van der Waals surface area contributed by atoms with Crippen LogP contribution in [-0.4, -0.2) is 16.3 Å². The van der Waals surface area contributed by atoms with Crippen LogP contribution in [0.2, 0.25) is 0 Å². The molecule has 1 N–H and O–H groups in total. The van der Waals surface area contributed by atoms with Gasteiger partial charge in [0.25, 0.3) is 0 Å². The van der Waals surface area contributed by atoms with Crippen LogP contribution in [-0.2, 0) is 6.54 Å². The molecule has 1 unspecified atom stereocenters. The van der Waals surface area contributed by atoms with Gasteiger partial charge in [-0.1, -0.05) is 26.0 Å². The minimum Gasteiger partial charge on any atom is -0.305 e. The van der Waals surface area contributed by atoms with E-state index in [1.807, 2.05) is 6.20 Å². The van der Waals surface area contributed by atoms with E-state index in [1.165, 1.54) is 14.8 Å². The van der Waals surface area contributed by atoms with E-state index in [0.29, 0.717) is 0 Å². The number of hydrogen-bond donors (Lipinski definition) is 1. The highest BCUT2D eigenvalue weighted by Gasteiger charge is 2.17. The van der Waals surface area contributed by atoms with Gasteiger partial charge in [0.05, 0.1) is 11.7 Å². The molecule has 4 heteroatoms. The van der Waals surface area contributed by atoms with Gasteiger partial charge in [0.15, 0.2) is 0 Å². The summed E-state index contributed by atoms with van der Waals surface area (Å²) in [5.74, 6) is 0. The Kier molecular flexibility index (Phi) is 6.04. The van der Waals surface area contributed by atoms with Gasteiger partial charge in [-0.15, -0.1) is 0 Å². The number of rotatable bonds is 7. The van der Waals surface area contributed by atoms with Gasteiger partial charge in [-0.2, -0.15) is 5.10 Å². The molecule has 20 heavy (non-hydrogen) atoms. The summed E-state index contributed by atoms with van der Waals surface area (Å²) in [7, 11) is 0. The van der Waals surface area contributed by atoms with Crippen LogP contribution in [0.5, 0.6) is 0 Å². The Morgan fingerprint density at radius 1 is 1.25 bits per heavy atom. The fraction of sp³-hybridized carbons (Fsp3) is 0.438. The molecule has 0 spiro atoms. The zero-order valence-corrected chi connectivity index (χ0v) is 14.3. The normalized spacial score (nSPS) is 12.6. The molecule has 0 amide bonds. The Balaban J connectivity index is 2.33. The zero-order valence-electron chi connectivity index (χ0n) is 12.1. The van der Waals surface area contributed by atoms with Crippen molar-refractivity contribution in [1.82, 2.24) is 15.1 Å². The highest BCUT2D eigenvalue weighted by Crippen LogP contribution is 2.23. The van der Waals surface area contributed by atoms with Crippen molar-refractivity contribution < 1.29 is 0 Å². The number of aryl methyl sites for hydroxylation is 1. The SMILES string of the molecule is CCCNC(c1cccc(I)c1)c1ccnn1CCC. The molecule has 108 valence electrons. The topological polar surface area (TPSA) is 29.9 Å². The smallest absolute Gasteiger partial charge is 0.0748 e. The predicted molar refractivity (Wildman–Crippen MR) is 91.8 cm³/mol. The van der Waals surface area contributed by atoms with Crippen LogP contribution < -0.4 is 5.32 Å². The molecular weight excluding hydrogens is 361 g/mol. The summed E-state index contributed by atoms with van der Waals surface area (Å²) in [6.07, 6.45) is 4.13. The molecule has 2 aromatic rings. The highest BCUT2D eigenvalue weighted by atomic mass is 127. The van der Waals surface area contributed by atoms with E-state index in [4.69, 9.17) is 0 Å². The summed E-state index contributed by atoms with van der Waals surface area (Å²) in [5.41, 5.74) is 2.56. The average molecular weight is 383 g/mol. The first-order valence-electron chi connectivity index (χ1n) is 7.26. The van der Waals surface area contributed by atoms with Gasteiger partial charge < -0.3 is 5.32 Å². The maximum atomic E-state index is 4.46. The second-order valence-corrected chi connectivity index (χ2v) is 6.17. The van der Waals surface area contributed by atoms with Crippen molar-refractivity contribution in [3.63, 3.8) is 0 Å². The lowest BCUT2D eigenvalue weighted by atomic mass is 10.0. The molecule has 0 radical (unpaired) electrons. The van der Waals surface area contributed by atoms with Gasteiger partial charge in [-0.3, -0.25) is 4.68 Å². The van der Waals surface area contributed by atoms with Gasteiger partial charge in [0.1, 0.15) is 0 Å². The number of nitrogens with zero attached hydrogens (tertiary/aromatic N) is 2. The zero-order chi connectivity index (χ0) is 14.4. The number of nitrogens with one attached hydrogen (secondary N) is 1. The fourth-order valence-corrected chi connectivity index (χ4v) is 2.92. The second kappa shape index (κ2) is 7.78. The Hall–Kier alpha value is -0.880. The molecule has 0 bridgehead atoms. The summed E-state index contributed by atoms with van der Waals surface area (Å²) in [6, 6.07) is 11.0. The molecule has 1 aromatic heterocycles. The third kappa shape index (κ3) is 3.82. The molecular formula is C16H22IN3. The third-order valence-electron chi connectivity index (χ3n) is 3.26. The molecule has 3 nitrogen and oxygen atoms in total. The molecule has 1 aromatic carbocycles. The maximum Gasteiger partial charge on any atom is 0.0748 e. The maximum absolute atomic E-state index is 4.46. The lowest BCUT2D eigenvalue weighted by Gasteiger charge is -2.20. The van der Waals surface area contributed by atoms with Crippen molar-refractivity contribution >= 4 is 22.6 Å². The third-order valence-corrected chi connectivity index (χ3v) is 3.93. The molecule has 0 aliphatic rings. The number of benzene rings is 1. The molecule has 1 atom stereocenters. The summed E-state index contributed by atoms with van der Waals surface area (Å²) in [5, 5.41) is 8.11. The molecule has 0 fully saturated rings. The Bertz CT molecular complexity index is 536. The Labute approximate surface area is 134 Å². The van der Waals surface area contributed by atoms with Gasteiger partial charge in [0.2, 0.25) is 0 Å². The number of halogens is 1. The predicted octanol–water partition coefficient (Wildman–Crippen LogP) is 3.99. The van der Waals surface area contributed by atoms with Crippen LogP contribution in [0.25, 0.3) is 0 Å². The van der Waals surface area contributed by atoms with Crippen LogP contribution in [0.15, 0.2) is 36.5 Å². The standard InChI is InChI=1S/C16H22IN3/c1-3-9-18-16(13-6-5-7-14(17)12-13)15-8-10-19-20(15)11-4-2/h5-8,10,12,16,18H,3-4,9,11H2,1-2H3.